The molecule has 3 aromatic carbocycles. The first kappa shape index (κ1) is 16.1. The molecule has 25 heavy (non-hydrogen) atoms. The fourth-order valence-electron chi connectivity index (χ4n) is 2.81. The van der Waals surface area contributed by atoms with Crippen LogP contribution in [0.2, 0.25) is 0 Å². The average molecular weight is 364 g/mol. The number of aromatic nitrogens is 1. The number of nitrogens with zero attached hydrogens (tertiary/aromatic N) is 1. The number of thiazole rings is 1. The van der Waals surface area contributed by atoms with Gasteiger partial charge in [0.25, 0.3) is 5.91 Å². The van der Waals surface area contributed by atoms with E-state index < -0.39 is 0 Å². The van der Waals surface area contributed by atoms with Crippen LogP contribution >= 0.6 is 23.1 Å². The van der Waals surface area contributed by atoms with E-state index in [1.54, 1.807) is 11.8 Å². The van der Waals surface area contributed by atoms with E-state index in [9.17, 15) is 4.79 Å². The van der Waals surface area contributed by atoms with Gasteiger partial charge in [0.2, 0.25) is 0 Å². The Kier molecular flexibility index (Phi) is 4.42. The summed E-state index contributed by atoms with van der Waals surface area (Å²) in [4.78, 5) is 18.3. The van der Waals surface area contributed by atoms with Crippen molar-refractivity contribution in [1.29, 1.82) is 0 Å². The van der Waals surface area contributed by atoms with Crippen LogP contribution in [0.4, 0.5) is 5.13 Å². The van der Waals surface area contributed by atoms with Crippen LogP contribution in [-0.4, -0.2) is 16.6 Å². The second kappa shape index (κ2) is 6.86. The molecule has 0 fully saturated rings. The number of rotatable bonds is 4. The van der Waals surface area contributed by atoms with Gasteiger partial charge in [-0.1, -0.05) is 60.7 Å². The fraction of sp³-hybridized carbons (Fsp3) is 0.100. The number of anilines is 1. The Hall–Kier alpha value is -2.37. The molecule has 4 rings (SSSR count). The molecule has 5 heteroatoms. The molecular weight excluding hydrogens is 348 g/mol. The minimum atomic E-state index is -0.111. The van der Waals surface area contributed by atoms with E-state index in [2.05, 4.69) is 41.5 Å². The minimum absolute atomic E-state index is 0.111. The van der Waals surface area contributed by atoms with Crippen LogP contribution in [-0.2, 0) is 0 Å². The molecule has 3 nitrogen and oxygen atoms in total. The van der Waals surface area contributed by atoms with E-state index in [1.807, 2.05) is 36.4 Å². The van der Waals surface area contributed by atoms with Gasteiger partial charge in [0, 0.05) is 10.3 Å². The largest absolute Gasteiger partial charge is 0.298 e. The number of amides is 1. The summed E-state index contributed by atoms with van der Waals surface area (Å²) in [6.07, 6.45) is 0. The molecule has 0 saturated carbocycles. The highest BCUT2D eigenvalue weighted by atomic mass is 32.2. The molecule has 0 aliphatic carbocycles. The van der Waals surface area contributed by atoms with Gasteiger partial charge in [-0.15, -0.1) is 11.8 Å². The minimum Gasteiger partial charge on any atom is -0.298 e. The van der Waals surface area contributed by atoms with Crippen LogP contribution in [0, 0.1) is 0 Å². The van der Waals surface area contributed by atoms with Crippen LogP contribution < -0.4 is 5.32 Å². The van der Waals surface area contributed by atoms with E-state index in [1.165, 1.54) is 11.3 Å². The van der Waals surface area contributed by atoms with Gasteiger partial charge in [-0.2, -0.15) is 0 Å². The lowest BCUT2D eigenvalue weighted by molar-refractivity contribution is 0.102. The van der Waals surface area contributed by atoms with Crippen molar-refractivity contribution in [2.24, 2.45) is 0 Å². The summed E-state index contributed by atoms with van der Waals surface area (Å²) in [6.45, 7) is 2.08. The van der Waals surface area contributed by atoms with Gasteiger partial charge in [-0.05, 0) is 29.3 Å². The van der Waals surface area contributed by atoms with Crippen LogP contribution in [0.15, 0.2) is 65.6 Å². The van der Waals surface area contributed by atoms with Gasteiger partial charge >= 0.3 is 0 Å². The predicted octanol–water partition coefficient (Wildman–Crippen LogP) is 5.81. The molecule has 1 N–H and O–H groups in total. The summed E-state index contributed by atoms with van der Waals surface area (Å²) >= 11 is 3.17. The molecule has 0 aliphatic rings. The van der Waals surface area contributed by atoms with Crippen LogP contribution in [0.5, 0.6) is 0 Å². The van der Waals surface area contributed by atoms with Crippen molar-refractivity contribution in [2.45, 2.75) is 11.8 Å². The molecule has 0 aliphatic heterocycles. The van der Waals surface area contributed by atoms with Crippen molar-refractivity contribution in [3.63, 3.8) is 0 Å². The Morgan fingerprint density at radius 3 is 2.76 bits per heavy atom. The highest BCUT2D eigenvalue weighted by Crippen LogP contribution is 2.32. The Morgan fingerprint density at radius 2 is 1.88 bits per heavy atom. The third-order valence-electron chi connectivity index (χ3n) is 3.94. The SMILES string of the molecule is CCSc1ccccc1C(=O)Nc1nc2c(ccc3ccccc32)s1. The summed E-state index contributed by atoms with van der Waals surface area (Å²) in [5.41, 5.74) is 1.63. The Balaban J connectivity index is 1.69. The number of nitrogens with one attached hydrogen (secondary N) is 1. The number of thioether (sulfide) groups is 1. The zero-order chi connectivity index (χ0) is 17.2. The monoisotopic (exact) mass is 364 g/mol. The second-order valence-electron chi connectivity index (χ2n) is 5.54. The lowest BCUT2D eigenvalue weighted by Crippen LogP contribution is -2.12. The number of hydrogen-bond donors (Lipinski definition) is 1. The molecule has 0 unspecified atom stereocenters. The van der Waals surface area contributed by atoms with Crippen LogP contribution in [0.3, 0.4) is 0 Å². The highest BCUT2D eigenvalue weighted by molar-refractivity contribution is 7.99. The van der Waals surface area contributed by atoms with Gasteiger partial charge in [0.05, 0.1) is 15.8 Å². The van der Waals surface area contributed by atoms with Gasteiger partial charge in [-0.3, -0.25) is 10.1 Å². The summed E-state index contributed by atoms with van der Waals surface area (Å²) in [6, 6.07) is 20.0. The highest BCUT2D eigenvalue weighted by Gasteiger charge is 2.14. The molecule has 4 aromatic rings. The van der Waals surface area contributed by atoms with Gasteiger partial charge in [-0.25, -0.2) is 4.98 Å². The maximum atomic E-state index is 12.7. The number of carbonyl (C=O) groups is 1. The van der Waals surface area contributed by atoms with E-state index in [0.29, 0.717) is 10.7 Å². The van der Waals surface area contributed by atoms with E-state index in [-0.39, 0.29) is 5.91 Å². The Morgan fingerprint density at radius 1 is 1.08 bits per heavy atom. The molecular formula is C20H16N2OS2. The predicted molar refractivity (Wildman–Crippen MR) is 108 cm³/mol. The first-order valence-corrected chi connectivity index (χ1v) is 9.88. The lowest BCUT2D eigenvalue weighted by Gasteiger charge is -2.07. The lowest BCUT2D eigenvalue weighted by atomic mass is 10.1. The first-order valence-electron chi connectivity index (χ1n) is 8.07. The van der Waals surface area contributed by atoms with Crippen molar-refractivity contribution in [3.8, 4) is 0 Å². The molecule has 1 aromatic heterocycles. The summed E-state index contributed by atoms with van der Waals surface area (Å²) < 4.78 is 1.07. The van der Waals surface area contributed by atoms with E-state index >= 15 is 0 Å². The topological polar surface area (TPSA) is 42.0 Å². The Labute approximate surface area is 154 Å². The normalized spacial score (nSPS) is 11.1. The van der Waals surface area contributed by atoms with Crippen molar-refractivity contribution in [3.05, 3.63) is 66.2 Å². The number of hydrogen-bond acceptors (Lipinski definition) is 4. The Bertz CT molecular complexity index is 1070. The van der Waals surface area contributed by atoms with Gasteiger partial charge in [0.15, 0.2) is 5.13 Å². The van der Waals surface area contributed by atoms with Crippen molar-refractivity contribution >= 4 is 55.1 Å². The second-order valence-corrected chi connectivity index (χ2v) is 7.87. The first-order chi connectivity index (χ1) is 12.3. The fourth-order valence-corrected chi connectivity index (χ4v) is 4.49. The quantitative estimate of drug-likeness (QED) is 0.464. The molecule has 0 spiro atoms. The van der Waals surface area contributed by atoms with E-state index in [0.717, 1.165) is 31.6 Å². The maximum Gasteiger partial charge on any atom is 0.258 e. The van der Waals surface area contributed by atoms with Crippen molar-refractivity contribution in [2.75, 3.05) is 11.1 Å². The third kappa shape index (κ3) is 3.13. The molecule has 0 radical (unpaired) electrons. The molecule has 0 bridgehead atoms. The zero-order valence-corrected chi connectivity index (χ0v) is 15.3. The zero-order valence-electron chi connectivity index (χ0n) is 13.7. The molecule has 124 valence electrons. The van der Waals surface area contributed by atoms with E-state index in [4.69, 9.17) is 0 Å². The van der Waals surface area contributed by atoms with Gasteiger partial charge < -0.3 is 0 Å². The summed E-state index contributed by atoms with van der Waals surface area (Å²) in [7, 11) is 0. The number of fused-ring (bicyclic) bond motifs is 3. The molecule has 1 amide bonds. The summed E-state index contributed by atoms with van der Waals surface area (Å²) in [5, 5.41) is 5.86. The van der Waals surface area contributed by atoms with Crippen LogP contribution in [0.1, 0.15) is 17.3 Å². The van der Waals surface area contributed by atoms with Gasteiger partial charge in [0.1, 0.15) is 0 Å². The summed E-state index contributed by atoms with van der Waals surface area (Å²) in [5.74, 6) is 0.817. The smallest absolute Gasteiger partial charge is 0.258 e. The number of benzene rings is 3. The van der Waals surface area contributed by atoms with Crippen LogP contribution in [0.25, 0.3) is 21.0 Å². The third-order valence-corrected chi connectivity index (χ3v) is 5.83. The maximum absolute atomic E-state index is 12.7. The van der Waals surface area contributed by atoms with Crippen molar-refractivity contribution in [1.82, 2.24) is 4.98 Å². The average Bonchev–Trinajstić information content (AvgIpc) is 3.05. The number of carbonyl (C=O) groups excluding carboxylic acids is 1. The molecule has 1 heterocycles. The standard InChI is InChI=1S/C20H16N2OS2/c1-2-24-16-10-6-5-9-15(16)19(23)22-20-21-18-14-8-4-3-7-13(14)11-12-17(18)25-20/h3-12H,2H2,1H3,(H,21,22,23). The molecule has 0 atom stereocenters. The van der Waals surface area contributed by atoms with Crippen molar-refractivity contribution < 1.29 is 4.79 Å². The molecule has 0 saturated heterocycles.